The molecule has 1 saturated carbocycles. The highest BCUT2D eigenvalue weighted by molar-refractivity contribution is 6.34. The minimum atomic E-state index is -0.254. The summed E-state index contributed by atoms with van der Waals surface area (Å²) in [6.45, 7) is 6.91. The minimum Gasteiger partial charge on any atom is -0.377 e. The van der Waals surface area contributed by atoms with Gasteiger partial charge in [0.1, 0.15) is 0 Å². The van der Waals surface area contributed by atoms with Crippen LogP contribution < -0.4 is 10.2 Å². The van der Waals surface area contributed by atoms with E-state index in [9.17, 15) is 9.59 Å². The van der Waals surface area contributed by atoms with Crippen molar-refractivity contribution in [1.29, 1.82) is 0 Å². The zero-order valence-corrected chi connectivity index (χ0v) is 19.7. The van der Waals surface area contributed by atoms with Gasteiger partial charge >= 0.3 is 0 Å². The fraction of sp³-hybridized carbons (Fsp3) is 0.440. The lowest BCUT2D eigenvalue weighted by Gasteiger charge is -2.33. The van der Waals surface area contributed by atoms with Gasteiger partial charge in [0.05, 0.1) is 10.6 Å². The van der Waals surface area contributed by atoms with Crippen molar-refractivity contribution in [2.75, 3.05) is 24.3 Å². The highest BCUT2D eigenvalue weighted by Gasteiger charge is 2.36. The van der Waals surface area contributed by atoms with Gasteiger partial charge in [-0.2, -0.15) is 0 Å². The maximum atomic E-state index is 13.1. The Kier molecular flexibility index (Phi) is 7.26. The number of amides is 2. The Morgan fingerprint density at radius 1 is 1.10 bits per heavy atom. The van der Waals surface area contributed by atoms with E-state index < -0.39 is 0 Å². The monoisotopic (exact) mass is 441 g/mol. The lowest BCUT2D eigenvalue weighted by atomic mass is 10.0. The summed E-state index contributed by atoms with van der Waals surface area (Å²) in [6.07, 6.45) is 1.96. The molecule has 0 aliphatic heterocycles. The number of hydrogen-bond acceptors (Lipinski definition) is 3. The van der Waals surface area contributed by atoms with E-state index in [2.05, 4.69) is 26.1 Å². The number of hydrogen-bond donors (Lipinski definition) is 1. The highest BCUT2D eigenvalue weighted by Crippen LogP contribution is 2.34. The summed E-state index contributed by atoms with van der Waals surface area (Å²) in [5.41, 5.74) is 3.15. The van der Waals surface area contributed by atoms with Gasteiger partial charge in [0.2, 0.25) is 5.91 Å². The van der Waals surface area contributed by atoms with Crippen molar-refractivity contribution in [2.45, 2.75) is 46.2 Å². The van der Waals surface area contributed by atoms with Crippen molar-refractivity contribution < 1.29 is 9.59 Å². The summed E-state index contributed by atoms with van der Waals surface area (Å²) in [4.78, 5) is 29.8. The Bertz CT molecular complexity index is 954. The first kappa shape index (κ1) is 23.1. The second-order valence-electron chi connectivity index (χ2n) is 8.90. The first-order valence-electron chi connectivity index (χ1n) is 10.9. The maximum Gasteiger partial charge on any atom is 0.257 e. The van der Waals surface area contributed by atoms with Gasteiger partial charge in [0, 0.05) is 44.0 Å². The number of benzene rings is 2. The molecule has 0 aromatic heterocycles. The fourth-order valence-electron chi connectivity index (χ4n) is 3.60. The van der Waals surface area contributed by atoms with Crippen LogP contribution in [0.1, 0.15) is 49.5 Å². The summed E-state index contributed by atoms with van der Waals surface area (Å²) in [5, 5.41) is 3.36. The second kappa shape index (κ2) is 9.73. The van der Waals surface area contributed by atoms with E-state index in [0.29, 0.717) is 28.7 Å². The van der Waals surface area contributed by atoms with Crippen LogP contribution in [0.5, 0.6) is 0 Å². The lowest BCUT2D eigenvalue weighted by molar-refractivity contribution is -0.136. The number of nitrogens with one attached hydrogen (secondary N) is 1. The van der Waals surface area contributed by atoms with E-state index in [1.54, 1.807) is 24.3 Å². The maximum absolute atomic E-state index is 13.1. The summed E-state index contributed by atoms with van der Waals surface area (Å²) in [7, 11) is 3.97. The molecular formula is C25H32ClN3O2. The Hall–Kier alpha value is -2.53. The van der Waals surface area contributed by atoms with Crippen molar-refractivity contribution in [3.63, 3.8) is 0 Å². The molecule has 0 spiro atoms. The number of carbonyl (C=O) groups excluding carboxylic acids is 2. The largest absolute Gasteiger partial charge is 0.377 e. The van der Waals surface area contributed by atoms with Gasteiger partial charge in [0.15, 0.2) is 0 Å². The molecule has 1 atom stereocenters. The van der Waals surface area contributed by atoms with Crippen LogP contribution in [0.25, 0.3) is 0 Å². The van der Waals surface area contributed by atoms with Gasteiger partial charge < -0.3 is 15.1 Å². The third kappa shape index (κ3) is 5.59. The summed E-state index contributed by atoms with van der Waals surface area (Å²) in [5.74, 6) is 0.493. The van der Waals surface area contributed by atoms with Crippen molar-refractivity contribution in [1.82, 2.24) is 4.90 Å². The molecule has 0 heterocycles. The standard InChI is InChI=1S/C25H32ClN3O2/c1-16(2)17(3)29(25(31)18-10-11-18)15-19-14-20(12-13-23(19)28(4)5)27-24(30)21-8-6-7-9-22(21)26/h6-9,12-14,16-18H,10-11,15H2,1-5H3,(H,27,30)/t17-/m1/s1. The minimum absolute atomic E-state index is 0.129. The number of nitrogens with zero attached hydrogens (tertiary/aromatic N) is 2. The topological polar surface area (TPSA) is 52.7 Å². The lowest BCUT2D eigenvalue weighted by Crippen LogP contribution is -2.42. The zero-order valence-electron chi connectivity index (χ0n) is 19.0. The van der Waals surface area contributed by atoms with Gasteiger partial charge in [-0.25, -0.2) is 0 Å². The zero-order chi connectivity index (χ0) is 22.7. The van der Waals surface area contributed by atoms with Crippen molar-refractivity contribution in [2.24, 2.45) is 11.8 Å². The molecule has 1 fully saturated rings. The normalized spacial score (nSPS) is 14.3. The third-order valence-electron chi connectivity index (χ3n) is 5.94. The first-order valence-corrected chi connectivity index (χ1v) is 11.2. The molecule has 2 aromatic rings. The SMILES string of the molecule is CC(C)[C@@H](C)N(Cc1cc(NC(=O)c2ccccc2Cl)ccc1N(C)C)C(=O)C1CC1. The quantitative estimate of drug-likeness (QED) is 0.593. The van der Waals surface area contributed by atoms with Crippen molar-refractivity contribution >= 4 is 34.8 Å². The average Bonchev–Trinajstić information content (AvgIpc) is 3.56. The average molecular weight is 442 g/mol. The second-order valence-corrected chi connectivity index (χ2v) is 9.30. The Labute approximate surface area is 190 Å². The van der Waals surface area contributed by atoms with Crippen LogP contribution in [0.15, 0.2) is 42.5 Å². The highest BCUT2D eigenvalue weighted by atomic mass is 35.5. The predicted octanol–water partition coefficient (Wildman–Crippen LogP) is 5.44. The molecule has 0 radical (unpaired) electrons. The van der Waals surface area contributed by atoms with Crippen LogP contribution >= 0.6 is 11.6 Å². The van der Waals surface area contributed by atoms with Gasteiger partial charge in [-0.1, -0.05) is 37.6 Å². The van der Waals surface area contributed by atoms with Gasteiger partial charge in [-0.05, 0) is 61.6 Å². The van der Waals surface area contributed by atoms with E-state index >= 15 is 0 Å². The van der Waals surface area contributed by atoms with E-state index in [4.69, 9.17) is 11.6 Å². The molecule has 31 heavy (non-hydrogen) atoms. The Morgan fingerprint density at radius 2 is 1.77 bits per heavy atom. The number of carbonyl (C=O) groups is 2. The molecule has 2 amide bonds. The molecule has 3 rings (SSSR count). The van der Waals surface area contributed by atoms with Gasteiger partial charge in [-0.15, -0.1) is 0 Å². The number of anilines is 2. The molecule has 1 N–H and O–H groups in total. The van der Waals surface area contributed by atoms with Crippen LogP contribution in [0.4, 0.5) is 11.4 Å². The molecule has 0 saturated heterocycles. The molecule has 2 aromatic carbocycles. The van der Waals surface area contributed by atoms with Crippen LogP contribution in [0, 0.1) is 11.8 Å². The Balaban J connectivity index is 1.89. The third-order valence-corrected chi connectivity index (χ3v) is 6.27. The summed E-state index contributed by atoms with van der Waals surface area (Å²) >= 11 is 6.18. The summed E-state index contributed by atoms with van der Waals surface area (Å²) in [6, 6.07) is 12.9. The van der Waals surface area contributed by atoms with Crippen molar-refractivity contribution in [3.05, 3.63) is 58.6 Å². The van der Waals surface area contributed by atoms with Crippen LogP contribution in [-0.2, 0) is 11.3 Å². The molecular weight excluding hydrogens is 410 g/mol. The number of halogens is 1. The fourth-order valence-corrected chi connectivity index (χ4v) is 3.82. The molecule has 0 unspecified atom stereocenters. The van der Waals surface area contributed by atoms with Crippen LogP contribution in [0.3, 0.4) is 0 Å². The Morgan fingerprint density at radius 3 is 2.35 bits per heavy atom. The first-order chi connectivity index (χ1) is 14.7. The predicted molar refractivity (Wildman–Crippen MR) is 128 cm³/mol. The van der Waals surface area contributed by atoms with Gasteiger partial charge in [-0.3, -0.25) is 9.59 Å². The molecule has 166 valence electrons. The van der Waals surface area contributed by atoms with Crippen LogP contribution in [-0.4, -0.2) is 36.9 Å². The molecule has 1 aliphatic carbocycles. The molecule has 6 heteroatoms. The van der Waals surface area contributed by atoms with Crippen molar-refractivity contribution in [3.8, 4) is 0 Å². The van der Waals surface area contributed by atoms with Crippen LogP contribution in [0.2, 0.25) is 5.02 Å². The van der Waals surface area contributed by atoms with Gasteiger partial charge in [0.25, 0.3) is 5.91 Å². The molecule has 5 nitrogen and oxygen atoms in total. The molecule has 0 bridgehead atoms. The molecule has 1 aliphatic rings. The smallest absolute Gasteiger partial charge is 0.257 e. The number of rotatable bonds is 8. The van der Waals surface area contributed by atoms with E-state index in [-0.39, 0.29) is 23.8 Å². The van der Waals surface area contributed by atoms with E-state index in [1.807, 2.05) is 42.1 Å². The summed E-state index contributed by atoms with van der Waals surface area (Å²) < 4.78 is 0. The van der Waals surface area contributed by atoms with E-state index in [0.717, 1.165) is 24.1 Å². The van der Waals surface area contributed by atoms with E-state index in [1.165, 1.54) is 0 Å².